The zero-order valence-corrected chi connectivity index (χ0v) is 11.7. The van der Waals surface area contributed by atoms with Crippen molar-refractivity contribution in [2.24, 2.45) is 11.0 Å². The molecule has 2 atom stereocenters. The predicted molar refractivity (Wildman–Crippen MR) is 75.1 cm³/mol. The maximum atomic E-state index is 10.7. The second-order valence-corrected chi connectivity index (χ2v) is 5.15. The Kier molecular flexibility index (Phi) is 4.17. The maximum Gasteiger partial charge on any atom is 0.404 e. The molecule has 1 heterocycles. The van der Waals surface area contributed by atoms with E-state index in [9.17, 15) is 4.79 Å². The van der Waals surface area contributed by atoms with Crippen molar-refractivity contribution in [2.45, 2.75) is 13.0 Å². The van der Waals surface area contributed by atoms with Crippen molar-refractivity contribution in [1.82, 2.24) is 10.7 Å². The number of benzene rings is 1. The lowest BCUT2D eigenvalue weighted by Crippen LogP contribution is -2.41. The van der Waals surface area contributed by atoms with Gasteiger partial charge in [-0.05, 0) is 24.6 Å². The van der Waals surface area contributed by atoms with E-state index in [0.29, 0.717) is 16.6 Å². The molecule has 0 radical (unpaired) electrons. The summed E-state index contributed by atoms with van der Waals surface area (Å²) < 4.78 is 0. The lowest BCUT2D eigenvalue weighted by Gasteiger charge is -2.20. The molecule has 3 N–H and O–H groups in total. The molecule has 1 aliphatic rings. The van der Waals surface area contributed by atoms with Gasteiger partial charge in [-0.15, -0.1) is 0 Å². The molecule has 0 aromatic heterocycles. The molecular weight excluding hydrogens is 289 g/mol. The molecule has 2 rings (SSSR count). The largest absolute Gasteiger partial charge is 0.465 e. The van der Waals surface area contributed by atoms with E-state index < -0.39 is 6.09 Å². The number of carbonyl (C=O) groups is 1. The zero-order chi connectivity index (χ0) is 14.0. The predicted octanol–water partition coefficient (Wildman–Crippen LogP) is 2.57. The molecular formula is C12H13Cl2N3O2. The maximum absolute atomic E-state index is 10.7. The van der Waals surface area contributed by atoms with Gasteiger partial charge in [-0.3, -0.25) is 0 Å². The highest BCUT2D eigenvalue weighted by Crippen LogP contribution is 2.25. The molecule has 0 bridgehead atoms. The highest BCUT2D eigenvalue weighted by Gasteiger charge is 2.29. The van der Waals surface area contributed by atoms with E-state index in [1.165, 1.54) is 0 Å². The molecule has 0 spiro atoms. The molecule has 1 aromatic rings. The summed E-state index contributed by atoms with van der Waals surface area (Å²) >= 11 is 11.9. The number of halogens is 2. The molecule has 5 nitrogen and oxygen atoms in total. The van der Waals surface area contributed by atoms with Gasteiger partial charge in [0.1, 0.15) is 0 Å². The van der Waals surface area contributed by atoms with Crippen molar-refractivity contribution in [2.75, 3.05) is 6.54 Å². The first-order valence-corrected chi connectivity index (χ1v) is 6.50. The third kappa shape index (κ3) is 3.11. The van der Waals surface area contributed by atoms with Crippen LogP contribution in [0.15, 0.2) is 23.3 Å². The number of hydrogen-bond donors (Lipinski definition) is 3. The Hall–Kier alpha value is -1.46. The molecule has 0 fully saturated rings. The third-order valence-electron chi connectivity index (χ3n) is 3.03. The van der Waals surface area contributed by atoms with Crippen molar-refractivity contribution in [3.8, 4) is 0 Å². The molecule has 1 aromatic carbocycles. The number of nitrogens with one attached hydrogen (secondary N) is 2. The van der Waals surface area contributed by atoms with Gasteiger partial charge < -0.3 is 15.8 Å². The van der Waals surface area contributed by atoms with Crippen LogP contribution in [0.3, 0.4) is 0 Å². The van der Waals surface area contributed by atoms with Crippen molar-refractivity contribution in [3.63, 3.8) is 0 Å². The average molecular weight is 302 g/mol. The minimum atomic E-state index is -1.05. The molecule has 1 aliphatic heterocycles. The third-order valence-corrected chi connectivity index (χ3v) is 3.77. The average Bonchev–Trinajstić information content (AvgIpc) is 2.81. The number of hydrazone groups is 1. The number of hydrogen-bond acceptors (Lipinski definition) is 3. The van der Waals surface area contributed by atoms with Crippen LogP contribution in [0.2, 0.25) is 10.0 Å². The second-order valence-electron chi connectivity index (χ2n) is 4.33. The van der Waals surface area contributed by atoms with Crippen LogP contribution in [0, 0.1) is 5.92 Å². The monoisotopic (exact) mass is 301 g/mol. The van der Waals surface area contributed by atoms with E-state index >= 15 is 0 Å². The van der Waals surface area contributed by atoms with E-state index in [4.69, 9.17) is 28.3 Å². The van der Waals surface area contributed by atoms with Crippen LogP contribution in [0.5, 0.6) is 0 Å². The summed E-state index contributed by atoms with van der Waals surface area (Å²) in [5.41, 5.74) is 4.50. The van der Waals surface area contributed by atoms with Crippen LogP contribution < -0.4 is 10.7 Å². The fourth-order valence-corrected chi connectivity index (χ4v) is 2.35. The molecule has 102 valence electrons. The molecule has 7 heteroatoms. The summed E-state index contributed by atoms with van der Waals surface area (Å²) in [6.07, 6.45) is -1.05. The fourth-order valence-electron chi connectivity index (χ4n) is 2.05. The Morgan fingerprint density at radius 1 is 1.53 bits per heavy atom. The number of rotatable bonds is 3. The minimum Gasteiger partial charge on any atom is -0.465 e. The van der Waals surface area contributed by atoms with Gasteiger partial charge in [-0.2, -0.15) is 5.10 Å². The standard InChI is InChI=1S/C12H13Cl2N3O2/c1-6(16-12(18)19)8-5-15-17-11(8)7-2-3-9(13)10(14)4-7/h2-4,6,8,15-16H,5H2,1H3,(H,18,19). The Morgan fingerprint density at radius 3 is 2.89 bits per heavy atom. The summed E-state index contributed by atoms with van der Waals surface area (Å²) in [4.78, 5) is 10.7. The summed E-state index contributed by atoms with van der Waals surface area (Å²) in [7, 11) is 0. The Bertz CT molecular complexity index is 534. The Balaban J connectivity index is 2.23. The smallest absolute Gasteiger partial charge is 0.404 e. The second kappa shape index (κ2) is 5.67. The van der Waals surface area contributed by atoms with Gasteiger partial charge in [0.05, 0.1) is 15.8 Å². The van der Waals surface area contributed by atoms with Gasteiger partial charge in [0.15, 0.2) is 0 Å². The van der Waals surface area contributed by atoms with Gasteiger partial charge >= 0.3 is 6.09 Å². The van der Waals surface area contributed by atoms with Gasteiger partial charge in [-0.25, -0.2) is 4.79 Å². The Morgan fingerprint density at radius 2 is 2.26 bits per heavy atom. The normalized spacial score (nSPS) is 19.5. The van der Waals surface area contributed by atoms with E-state index in [0.717, 1.165) is 11.3 Å². The highest BCUT2D eigenvalue weighted by molar-refractivity contribution is 6.42. The molecule has 0 aliphatic carbocycles. The van der Waals surface area contributed by atoms with Crippen molar-refractivity contribution in [1.29, 1.82) is 0 Å². The van der Waals surface area contributed by atoms with Crippen LogP contribution in [0.1, 0.15) is 12.5 Å². The summed E-state index contributed by atoms with van der Waals surface area (Å²) in [6.45, 7) is 2.38. The summed E-state index contributed by atoms with van der Waals surface area (Å²) in [5, 5.41) is 16.4. The van der Waals surface area contributed by atoms with Gasteiger partial charge in [0, 0.05) is 18.5 Å². The van der Waals surface area contributed by atoms with Crippen LogP contribution in [0.4, 0.5) is 4.79 Å². The van der Waals surface area contributed by atoms with Gasteiger partial charge in [-0.1, -0.05) is 29.3 Å². The molecule has 19 heavy (non-hydrogen) atoms. The van der Waals surface area contributed by atoms with Crippen LogP contribution >= 0.6 is 23.2 Å². The molecule has 1 amide bonds. The number of nitrogens with zero attached hydrogens (tertiary/aromatic N) is 1. The SMILES string of the molecule is CC(NC(=O)O)C1CNN=C1c1ccc(Cl)c(Cl)c1. The summed E-state index contributed by atoms with van der Waals surface area (Å²) in [5.74, 6) is -0.0478. The lowest BCUT2D eigenvalue weighted by molar-refractivity contribution is 0.188. The van der Waals surface area contributed by atoms with E-state index in [2.05, 4.69) is 15.8 Å². The fraction of sp³-hybridized carbons (Fsp3) is 0.333. The van der Waals surface area contributed by atoms with Crippen molar-refractivity contribution in [3.05, 3.63) is 33.8 Å². The Labute approximate surface area is 120 Å². The van der Waals surface area contributed by atoms with E-state index in [1.54, 1.807) is 19.1 Å². The van der Waals surface area contributed by atoms with Crippen LogP contribution in [0.25, 0.3) is 0 Å². The summed E-state index contributed by atoms with van der Waals surface area (Å²) in [6, 6.07) is 5.00. The first-order valence-electron chi connectivity index (χ1n) is 5.74. The topological polar surface area (TPSA) is 73.7 Å². The van der Waals surface area contributed by atoms with Crippen LogP contribution in [-0.2, 0) is 0 Å². The highest BCUT2D eigenvalue weighted by atomic mass is 35.5. The minimum absolute atomic E-state index is 0.0478. The number of amides is 1. The molecule has 0 saturated carbocycles. The van der Waals surface area contributed by atoms with E-state index in [1.807, 2.05) is 6.07 Å². The van der Waals surface area contributed by atoms with E-state index in [-0.39, 0.29) is 12.0 Å². The van der Waals surface area contributed by atoms with Gasteiger partial charge in [0.2, 0.25) is 0 Å². The molecule has 0 saturated heterocycles. The molecule has 2 unspecified atom stereocenters. The first-order chi connectivity index (χ1) is 8.99. The number of carboxylic acid groups (broad SMARTS) is 1. The zero-order valence-electron chi connectivity index (χ0n) is 10.2. The van der Waals surface area contributed by atoms with Crippen LogP contribution in [-0.4, -0.2) is 29.5 Å². The van der Waals surface area contributed by atoms with Crippen molar-refractivity contribution < 1.29 is 9.90 Å². The quantitative estimate of drug-likeness (QED) is 0.803. The lowest BCUT2D eigenvalue weighted by atomic mass is 9.92. The first kappa shape index (κ1) is 14.0. The van der Waals surface area contributed by atoms with Crippen molar-refractivity contribution >= 4 is 35.0 Å². The van der Waals surface area contributed by atoms with Gasteiger partial charge in [0.25, 0.3) is 0 Å².